The molecule has 0 spiro atoms. The fourth-order valence-electron chi connectivity index (χ4n) is 7.47. The number of fused-ring (bicyclic) bond motifs is 5. The van der Waals surface area contributed by atoms with E-state index in [4.69, 9.17) is 0 Å². The van der Waals surface area contributed by atoms with Gasteiger partial charge in [0.15, 0.2) is 11.6 Å². The molecule has 26 heavy (non-hydrogen) atoms. The number of ketones is 3. The van der Waals surface area contributed by atoms with Gasteiger partial charge in [-0.3, -0.25) is 14.4 Å². The van der Waals surface area contributed by atoms with Gasteiger partial charge in [-0.05, 0) is 61.9 Å². The van der Waals surface area contributed by atoms with Crippen LogP contribution >= 0.6 is 0 Å². The van der Waals surface area contributed by atoms with Crippen molar-refractivity contribution >= 4 is 17.3 Å². The highest BCUT2D eigenvalue weighted by Crippen LogP contribution is 2.67. The van der Waals surface area contributed by atoms with Crippen molar-refractivity contribution in [3.63, 3.8) is 0 Å². The first-order valence-corrected chi connectivity index (χ1v) is 10.1. The highest BCUT2D eigenvalue weighted by molar-refractivity contribution is 5.94. The van der Waals surface area contributed by atoms with Crippen molar-refractivity contribution in [2.75, 3.05) is 0 Å². The molecule has 0 aromatic heterocycles. The predicted octanol–water partition coefficient (Wildman–Crippen LogP) is 3.26. The van der Waals surface area contributed by atoms with E-state index in [1.54, 1.807) is 6.08 Å². The van der Waals surface area contributed by atoms with Crippen molar-refractivity contribution in [3.8, 4) is 0 Å². The third kappa shape index (κ3) is 1.97. The van der Waals surface area contributed by atoms with Gasteiger partial charge in [0.1, 0.15) is 11.4 Å². The van der Waals surface area contributed by atoms with Crippen LogP contribution in [0.3, 0.4) is 0 Å². The van der Waals surface area contributed by atoms with E-state index in [1.165, 1.54) is 6.92 Å². The molecule has 0 radical (unpaired) electrons. The number of carbonyl (C=O) groups is 3. The van der Waals surface area contributed by atoms with Gasteiger partial charge in [0.2, 0.25) is 0 Å². The van der Waals surface area contributed by atoms with Gasteiger partial charge in [-0.25, -0.2) is 0 Å². The zero-order valence-electron chi connectivity index (χ0n) is 16.3. The Kier molecular flexibility index (Phi) is 3.74. The average Bonchev–Trinajstić information content (AvgIpc) is 2.76. The van der Waals surface area contributed by atoms with Crippen LogP contribution in [0.5, 0.6) is 0 Å². The molecule has 0 amide bonds. The van der Waals surface area contributed by atoms with E-state index in [0.29, 0.717) is 6.42 Å². The van der Waals surface area contributed by atoms with Crippen LogP contribution in [0.2, 0.25) is 0 Å². The van der Waals surface area contributed by atoms with Gasteiger partial charge >= 0.3 is 0 Å². The predicted molar refractivity (Wildman–Crippen MR) is 97.3 cm³/mol. The Morgan fingerprint density at radius 1 is 1.23 bits per heavy atom. The monoisotopic (exact) mass is 358 g/mol. The molecule has 142 valence electrons. The van der Waals surface area contributed by atoms with Crippen LogP contribution < -0.4 is 0 Å². The summed E-state index contributed by atoms with van der Waals surface area (Å²) >= 11 is 0. The van der Waals surface area contributed by atoms with Crippen LogP contribution in [0.25, 0.3) is 0 Å². The van der Waals surface area contributed by atoms with E-state index in [-0.39, 0.29) is 52.9 Å². The second kappa shape index (κ2) is 5.37. The van der Waals surface area contributed by atoms with Gasteiger partial charge < -0.3 is 5.11 Å². The van der Waals surface area contributed by atoms with E-state index < -0.39 is 11.0 Å². The fraction of sp³-hybridized carbons (Fsp3) is 0.773. The molecule has 4 aliphatic rings. The Bertz CT molecular complexity index is 736. The largest absolute Gasteiger partial charge is 0.381 e. The molecule has 0 heterocycles. The summed E-state index contributed by atoms with van der Waals surface area (Å²) in [6.45, 7) is 7.56. The fourth-order valence-corrected chi connectivity index (χ4v) is 7.47. The highest BCUT2D eigenvalue weighted by atomic mass is 16.3. The van der Waals surface area contributed by atoms with E-state index in [2.05, 4.69) is 6.92 Å². The molecule has 4 aliphatic carbocycles. The molecule has 4 nitrogen and oxygen atoms in total. The van der Waals surface area contributed by atoms with Gasteiger partial charge in [-0.15, -0.1) is 0 Å². The van der Waals surface area contributed by atoms with E-state index in [0.717, 1.165) is 31.3 Å². The van der Waals surface area contributed by atoms with Gasteiger partial charge in [0.25, 0.3) is 0 Å². The van der Waals surface area contributed by atoms with Crippen LogP contribution in [-0.4, -0.2) is 28.1 Å². The number of allylic oxidation sites excluding steroid dienone is 1. The summed E-state index contributed by atoms with van der Waals surface area (Å²) in [5, 5.41) is 11.4. The minimum absolute atomic E-state index is 0.0739. The number of Topliss-reactive ketones (excluding diaryl/α,β-unsaturated/α-hetero) is 2. The summed E-state index contributed by atoms with van der Waals surface area (Å²) in [5.74, 6) is 0.355. The Labute approximate surface area is 155 Å². The highest BCUT2D eigenvalue weighted by Gasteiger charge is 2.70. The van der Waals surface area contributed by atoms with Crippen LogP contribution in [-0.2, 0) is 14.4 Å². The maximum Gasteiger partial charge on any atom is 0.162 e. The molecule has 7 atom stereocenters. The second-order valence-corrected chi connectivity index (χ2v) is 9.86. The van der Waals surface area contributed by atoms with Crippen LogP contribution in [0.15, 0.2) is 11.6 Å². The van der Waals surface area contributed by atoms with Crippen molar-refractivity contribution < 1.29 is 19.5 Å². The first kappa shape index (κ1) is 18.1. The molecule has 0 unspecified atom stereocenters. The van der Waals surface area contributed by atoms with Crippen molar-refractivity contribution in [3.05, 3.63) is 11.6 Å². The van der Waals surface area contributed by atoms with Gasteiger partial charge in [0, 0.05) is 24.2 Å². The number of aliphatic hydroxyl groups is 1. The zero-order chi connectivity index (χ0) is 19.1. The lowest BCUT2D eigenvalue weighted by Gasteiger charge is -2.57. The summed E-state index contributed by atoms with van der Waals surface area (Å²) in [4.78, 5) is 37.7. The summed E-state index contributed by atoms with van der Waals surface area (Å²) in [6, 6.07) is 0. The zero-order valence-corrected chi connectivity index (χ0v) is 16.3. The van der Waals surface area contributed by atoms with E-state index in [1.807, 2.05) is 13.8 Å². The van der Waals surface area contributed by atoms with Crippen molar-refractivity contribution in [2.45, 2.75) is 71.8 Å². The smallest absolute Gasteiger partial charge is 0.162 e. The standard InChI is InChI=1S/C22H30O4/c1-12-9-17-16-6-5-14-10-15(24)7-8-20(14,3)19(16)18(25)11-21(17,4)22(12,26)13(2)23/h10,12,16-17,19,26H,5-9,11H2,1-4H3/t12-,16-,17-,19+,20-,21-,22-/m0/s1. The average molecular weight is 358 g/mol. The Hall–Kier alpha value is -1.29. The van der Waals surface area contributed by atoms with Crippen molar-refractivity contribution in [1.29, 1.82) is 0 Å². The lowest BCUT2D eigenvalue weighted by Crippen LogP contribution is -2.61. The molecule has 3 saturated carbocycles. The number of rotatable bonds is 1. The normalized spacial score (nSPS) is 50.6. The number of hydrogen-bond acceptors (Lipinski definition) is 4. The third-order valence-electron chi connectivity index (χ3n) is 8.77. The van der Waals surface area contributed by atoms with E-state index in [9.17, 15) is 19.5 Å². The second-order valence-electron chi connectivity index (χ2n) is 9.86. The van der Waals surface area contributed by atoms with Crippen molar-refractivity contribution in [2.24, 2.45) is 34.5 Å². The van der Waals surface area contributed by atoms with Gasteiger partial charge in [0.05, 0.1) is 0 Å². The topological polar surface area (TPSA) is 71.4 Å². The summed E-state index contributed by atoms with van der Waals surface area (Å²) in [5.41, 5.74) is -1.15. The van der Waals surface area contributed by atoms with Crippen molar-refractivity contribution in [1.82, 2.24) is 0 Å². The molecule has 0 aromatic carbocycles. The number of carbonyl (C=O) groups excluding carboxylic acids is 3. The SMILES string of the molecule is CC(=O)[C@@]1(O)[C@@H](C)C[C@H]2[C@@H]3CCC4=CC(=O)CC[C@]4(C)[C@H]3C(=O)C[C@@]21C. The lowest BCUT2D eigenvalue weighted by molar-refractivity contribution is -0.171. The maximum atomic E-state index is 13.4. The molecule has 0 aliphatic heterocycles. The third-order valence-corrected chi connectivity index (χ3v) is 8.77. The summed E-state index contributed by atoms with van der Waals surface area (Å²) < 4.78 is 0. The minimum atomic E-state index is -1.40. The summed E-state index contributed by atoms with van der Waals surface area (Å²) in [7, 11) is 0. The Balaban J connectivity index is 1.79. The van der Waals surface area contributed by atoms with Crippen LogP contribution in [0.1, 0.15) is 66.2 Å². The maximum absolute atomic E-state index is 13.4. The lowest BCUT2D eigenvalue weighted by atomic mass is 9.46. The molecular weight excluding hydrogens is 328 g/mol. The molecule has 3 fully saturated rings. The number of hydrogen-bond donors (Lipinski definition) is 1. The molecule has 4 heteroatoms. The van der Waals surface area contributed by atoms with Gasteiger partial charge in [-0.2, -0.15) is 0 Å². The first-order chi connectivity index (χ1) is 12.1. The van der Waals surface area contributed by atoms with Crippen LogP contribution in [0.4, 0.5) is 0 Å². The van der Waals surface area contributed by atoms with Gasteiger partial charge in [-0.1, -0.05) is 26.3 Å². The molecule has 0 aromatic rings. The quantitative estimate of drug-likeness (QED) is 0.781. The minimum Gasteiger partial charge on any atom is -0.381 e. The molecule has 0 saturated heterocycles. The Morgan fingerprint density at radius 2 is 1.92 bits per heavy atom. The Morgan fingerprint density at radius 3 is 2.58 bits per heavy atom. The molecular formula is C22H30O4. The first-order valence-electron chi connectivity index (χ1n) is 10.1. The molecule has 0 bridgehead atoms. The molecule has 4 rings (SSSR count). The van der Waals surface area contributed by atoms with Crippen LogP contribution in [0, 0.1) is 34.5 Å². The van der Waals surface area contributed by atoms with E-state index >= 15 is 0 Å². The summed E-state index contributed by atoms with van der Waals surface area (Å²) in [6.07, 6.45) is 5.88. The molecule has 1 N–H and O–H groups in total.